The molecule has 0 radical (unpaired) electrons. The van der Waals surface area contributed by atoms with E-state index in [0.717, 1.165) is 17.1 Å². The van der Waals surface area contributed by atoms with Crippen LogP contribution >= 0.6 is 11.6 Å². The number of hydrogen-bond acceptors (Lipinski definition) is 6. The van der Waals surface area contributed by atoms with Crippen LogP contribution in [0.15, 0.2) is 97.1 Å². The first kappa shape index (κ1) is 26.4. The van der Waals surface area contributed by atoms with Gasteiger partial charge in [-0.3, -0.25) is 4.79 Å². The number of nitrogens with zero attached hydrogens (tertiary/aromatic N) is 2. The van der Waals surface area contributed by atoms with Crippen molar-refractivity contribution in [3.05, 3.63) is 119 Å². The number of carboxylic acids is 1. The van der Waals surface area contributed by atoms with Crippen molar-refractivity contribution in [1.29, 1.82) is 0 Å². The molecule has 0 saturated carbocycles. The molecule has 1 aliphatic heterocycles. The summed E-state index contributed by atoms with van der Waals surface area (Å²) in [6.45, 7) is 1.33. The zero-order chi connectivity index (χ0) is 27.4. The third-order valence-corrected chi connectivity index (χ3v) is 6.81. The Labute approximate surface area is 231 Å². The molecule has 1 aliphatic rings. The highest BCUT2D eigenvalue weighted by atomic mass is 35.5. The van der Waals surface area contributed by atoms with E-state index < -0.39 is 12.3 Å². The summed E-state index contributed by atoms with van der Waals surface area (Å²) in [5.74, 6) is -1.39. The van der Waals surface area contributed by atoms with Crippen molar-refractivity contribution in [1.82, 2.24) is 0 Å². The Morgan fingerprint density at radius 3 is 1.97 bits per heavy atom. The van der Waals surface area contributed by atoms with E-state index in [1.165, 1.54) is 6.07 Å². The van der Waals surface area contributed by atoms with Gasteiger partial charge in [-0.1, -0.05) is 29.8 Å². The predicted octanol–water partition coefficient (Wildman–Crippen LogP) is 6.55. The van der Waals surface area contributed by atoms with Crippen molar-refractivity contribution in [2.24, 2.45) is 0 Å². The zero-order valence-electron chi connectivity index (χ0n) is 21.3. The van der Waals surface area contributed by atoms with Crippen LogP contribution in [0.5, 0.6) is 0 Å². The van der Waals surface area contributed by atoms with E-state index in [0.29, 0.717) is 36.0 Å². The van der Waals surface area contributed by atoms with Crippen molar-refractivity contribution in [2.45, 2.75) is 6.29 Å². The van der Waals surface area contributed by atoms with E-state index in [-0.39, 0.29) is 16.9 Å². The van der Waals surface area contributed by atoms with Gasteiger partial charge in [0.05, 0.1) is 25.3 Å². The van der Waals surface area contributed by atoms with Gasteiger partial charge in [-0.05, 0) is 78.9 Å². The van der Waals surface area contributed by atoms with Gasteiger partial charge in [-0.25, -0.2) is 4.79 Å². The van der Waals surface area contributed by atoms with Crippen LogP contribution in [0.25, 0.3) is 0 Å². The molecule has 198 valence electrons. The largest absolute Gasteiger partial charge is 0.478 e. The summed E-state index contributed by atoms with van der Waals surface area (Å²) in [5, 5.41) is 10.5. The Kier molecular flexibility index (Phi) is 7.93. The predicted molar refractivity (Wildman–Crippen MR) is 152 cm³/mol. The first-order valence-electron chi connectivity index (χ1n) is 12.5. The second-order valence-corrected chi connectivity index (χ2v) is 9.54. The lowest BCUT2D eigenvalue weighted by atomic mass is 9.99. The van der Waals surface area contributed by atoms with Crippen LogP contribution in [0.2, 0.25) is 5.02 Å². The van der Waals surface area contributed by atoms with E-state index in [2.05, 4.69) is 0 Å². The molecule has 0 aromatic heterocycles. The molecule has 4 aromatic carbocycles. The smallest absolute Gasteiger partial charge is 0.335 e. The Balaban J connectivity index is 1.46. The highest BCUT2D eigenvalue weighted by Crippen LogP contribution is 2.31. The number of rotatable bonds is 9. The lowest BCUT2D eigenvalue weighted by Gasteiger charge is -2.28. The molecule has 1 saturated heterocycles. The zero-order valence-corrected chi connectivity index (χ0v) is 22.0. The minimum Gasteiger partial charge on any atom is -0.478 e. The maximum atomic E-state index is 13.6. The van der Waals surface area contributed by atoms with Gasteiger partial charge in [0, 0.05) is 45.9 Å². The Hall–Kier alpha value is -4.17. The molecular formula is C31H27ClN2O5. The fourth-order valence-corrected chi connectivity index (χ4v) is 4.59. The number of hydrogen-bond donors (Lipinski definition) is 1. The fourth-order valence-electron chi connectivity index (χ4n) is 4.47. The van der Waals surface area contributed by atoms with Crippen molar-refractivity contribution in [3.63, 3.8) is 0 Å². The highest BCUT2D eigenvalue weighted by molar-refractivity contribution is 6.30. The quantitative estimate of drug-likeness (QED) is 0.240. The molecule has 0 amide bonds. The van der Waals surface area contributed by atoms with E-state index in [9.17, 15) is 14.7 Å². The topological polar surface area (TPSA) is 79.3 Å². The second kappa shape index (κ2) is 11.7. The molecule has 0 spiro atoms. The maximum Gasteiger partial charge on any atom is 0.335 e. The van der Waals surface area contributed by atoms with E-state index in [4.69, 9.17) is 21.1 Å². The van der Waals surface area contributed by atoms with E-state index >= 15 is 0 Å². The number of ether oxygens (including phenoxy) is 2. The van der Waals surface area contributed by atoms with Crippen LogP contribution in [-0.4, -0.2) is 50.0 Å². The first-order chi connectivity index (χ1) is 18.9. The molecule has 7 nitrogen and oxygen atoms in total. The van der Waals surface area contributed by atoms with Gasteiger partial charge >= 0.3 is 5.97 Å². The minimum absolute atomic E-state index is 0.0177. The molecule has 39 heavy (non-hydrogen) atoms. The summed E-state index contributed by atoms with van der Waals surface area (Å²) in [5.41, 5.74) is 3.97. The van der Waals surface area contributed by atoms with Crippen LogP contribution in [0, 0.1) is 0 Å². The molecule has 5 rings (SSSR count). The first-order valence-corrected chi connectivity index (χ1v) is 12.8. The van der Waals surface area contributed by atoms with Crippen molar-refractivity contribution in [3.8, 4) is 0 Å². The number of halogens is 1. The molecule has 0 unspecified atom stereocenters. The van der Waals surface area contributed by atoms with E-state index in [1.54, 1.807) is 24.3 Å². The van der Waals surface area contributed by atoms with Crippen molar-refractivity contribution in [2.75, 3.05) is 36.6 Å². The molecule has 0 bridgehead atoms. The molecule has 1 fully saturated rings. The Bertz CT molecular complexity index is 1450. The lowest BCUT2D eigenvalue weighted by Crippen LogP contribution is -2.29. The molecule has 4 aromatic rings. The fraction of sp³-hybridized carbons (Fsp3) is 0.161. The van der Waals surface area contributed by atoms with Crippen LogP contribution < -0.4 is 9.80 Å². The minimum atomic E-state index is -1.12. The molecule has 8 heteroatoms. The lowest BCUT2D eigenvalue weighted by molar-refractivity contribution is -0.0329. The second-order valence-electron chi connectivity index (χ2n) is 9.10. The van der Waals surface area contributed by atoms with Crippen LogP contribution in [-0.2, 0) is 9.47 Å². The van der Waals surface area contributed by atoms with Crippen LogP contribution in [0.1, 0.15) is 26.3 Å². The van der Waals surface area contributed by atoms with Gasteiger partial charge in [-0.15, -0.1) is 0 Å². The average molecular weight is 543 g/mol. The number of benzene rings is 4. The molecule has 1 heterocycles. The number of anilines is 4. The monoisotopic (exact) mass is 542 g/mol. The summed E-state index contributed by atoms with van der Waals surface area (Å²) in [6, 6.07) is 28.9. The van der Waals surface area contributed by atoms with Gasteiger partial charge in [-0.2, -0.15) is 0 Å². The average Bonchev–Trinajstić information content (AvgIpc) is 3.49. The van der Waals surface area contributed by atoms with Gasteiger partial charge < -0.3 is 24.4 Å². The Morgan fingerprint density at radius 1 is 0.769 bits per heavy atom. The number of para-hydroxylation sites is 1. The summed E-state index contributed by atoms with van der Waals surface area (Å²) in [4.78, 5) is 29.5. The van der Waals surface area contributed by atoms with Crippen LogP contribution in [0.3, 0.4) is 0 Å². The summed E-state index contributed by atoms with van der Waals surface area (Å²) >= 11 is 6.01. The molecule has 0 aliphatic carbocycles. The Morgan fingerprint density at radius 2 is 1.36 bits per heavy atom. The van der Waals surface area contributed by atoms with Crippen LogP contribution in [0.4, 0.5) is 22.7 Å². The van der Waals surface area contributed by atoms with E-state index in [1.807, 2.05) is 83.6 Å². The summed E-state index contributed by atoms with van der Waals surface area (Å²) in [7, 11) is 1.93. The maximum absolute atomic E-state index is 13.6. The number of carbonyl (C=O) groups is 2. The number of aromatic carboxylic acids is 1. The standard InChI is InChI=1S/C31H27ClN2O5/c1-33(26-13-9-24(32)10-14-26)25-11-7-21(8-12-25)30(35)22-17-23(31(36)37)19-28(18-22)34(20-29-38-15-16-39-29)27-5-3-2-4-6-27/h2-14,17-19,29H,15-16,20H2,1H3,(H,36,37). The highest BCUT2D eigenvalue weighted by Gasteiger charge is 2.24. The van der Waals surface area contributed by atoms with Gasteiger partial charge in [0.25, 0.3) is 0 Å². The van der Waals surface area contributed by atoms with Crippen molar-refractivity contribution < 1.29 is 24.2 Å². The van der Waals surface area contributed by atoms with Gasteiger partial charge in [0.2, 0.25) is 0 Å². The van der Waals surface area contributed by atoms with Crippen molar-refractivity contribution >= 4 is 46.1 Å². The summed E-state index contributed by atoms with van der Waals surface area (Å²) < 4.78 is 11.3. The van der Waals surface area contributed by atoms with Gasteiger partial charge in [0.15, 0.2) is 12.1 Å². The molecule has 0 atom stereocenters. The number of carbonyl (C=O) groups excluding carboxylic acids is 1. The SMILES string of the molecule is CN(c1ccc(Cl)cc1)c1ccc(C(=O)c2cc(C(=O)O)cc(N(CC3OCCO3)c3ccccc3)c2)cc1. The third kappa shape index (κ3) is 6.12. The number of carboxylic acid groups (broad SMARTS) is 1. The normalized spacial score (nSPS) is 13.3. The molecular weight excluding hydrogens is 516 g/mol. The molecule has 1 N–H and O–H groups in total. The summed E-state index contributed by atoms with van der Waals surface area (Å²) in [6.07, 6.45) is -0.469. The number of ketones is 1. The third-order valence-electron chi connectivity index (χ3n) is 6.56. The van der Waals surface area contributed by atoms with Gasteiger partial charge in [0.1, 0.15) is 0 Å².